The fraction of sp³-hybridized carbons (Fsp3) is 0. The van der Waals surface area contributed by atoms with Gasteiger partial charge >= 0.3 is 0 Å². The number of nitrogens with two attached hydrogens (primary N) is 1. The van der Waals surface area contributed by atoms with Crippen molar-refractivity contribution in [3.05, 3.63) is 51.2 Å². The van der Waals surface area contributed by atoms with Crippen LogP contribution in [0.5, 0.6) is 11.6 Å². The van der Waals surface area contributed by atoms with Crippen molar-refractivity contribution in [3.8, 4) is 11.6 Å². The van der Waals surface area contributed by atoms with Crippen LogP contribution in [0.15, 0.2) is 41.1 Å². The van der Waals surface area contributed by atoms with Crippen molar-refractivity contribution in [1.82, 2.24) is 9.97 Å². The van der Waals surface area contributed by atoms with Crippen LogP contribution in [-0.4, -0.2) is 9.97 Å². The van der Waals surface area contributed by atoms with Gasteiger partial charge in [-0.05, 0) is 40.2 Å². The summed E-state index contributed by atoms with van der Waals surface area (Å²) in [6.07, 6.45) is 1.41. The van der Waals surface area contributed by atoms with Crippen LogP contribution in [-0.2, 0) is 0 Å². The van der Waals surface area contributed by atoms with Gasteiger partial charge in [0.25, 0.3) is 0 Å². The van der Waals surface area contributed by atoms with Crippen LogP contribution in [0.3, 0.4) is 0 Å². The minimum Gasteiger partial charge on any atom is -0.437 e. The largest absolute Gasteiger partial charge is 0.437 e. The summed E-state index contributed by atoms with van der Waals surface area (Å²) in [5.74, 6) is 0.807. The Morgan fingerprint density at radius 2 is 1.86 bits per heavy atom. The van der Waals surface area contributed by atoms with E-state index in [0.717, 1.165) is 5.39 Å². The van der Waals surface area contributed by atoms with Gasteiger partial charge in [0.2, 0.25) is 5.88 Å². The number of nitrogen functional groups attached to an aromatic ring is 1. The van der Waals surface area contributed by atoms with Gasteiger partial charge < -0.3 is 10.5 Å². The third-order valence-electron chi connectivity index (χ3n) is 2.81. The van der Waals surface area contributed by atoms with E-state index < -0.39 is 0 Å². The zero-order valence-corrected chi connectivity index (χ0v) is 13.6. The average Bonchev–Trinajstić information content (AvgIpc) is 2.44. The van der Waals surface area contributed by atoms with Gasteiger partial charge in [0.05, 0.1) is 20.9 Å². The van der Waals surface area contributed by atoms with Gasteiger partial charge in [-0.1, -0.05) is 23.2 Å². The summed E-state index contributed by atoms with van der Waals surface area (Å²) >= 11 is 15.5. The predicted octanol–water partition coefficient (Wildman–Crippen LogP) is 5.07. The van der Waals surface area contributed by atoms with Crippen molar-refractivity contribution in [2.75, 3.05) is 5.73 Å². The topological polar surface area (TPSA) is 61.0 Å². The van der Waals surface area contributed by atoms with E-state index in [1.807, 2.05) is 0 Å². The van der Waals surface area contributed by atoms with Crippen LogP contribution in [0, 0.1) is 0 Å². The number of nitrogens with zero attached hydrogens (tertiary/aromatic N) is 2. The van der Waals surface area contributed by atoms with Gasteiger partial charge in [0, 0.05) is 16.2 Å². The quantitative estimate of drug-likeness (QED) is 0.494. The highest BCUT2D eigenvalue weighted by molar-refractivity contribution is 9.10. The summed E-state index contributed by atoms with van der Waals surface area (Å²) in [4.78, 5) is 8.30. The Morgan fingerprint density at radius 3 is 2.67 bits per heavy atom. The second-order valence-electron chi connectivity index (χ2n) is 4.25. The van der Waals surface area contributed by atoms with Crippen molar-refractivity contribution in [1.29, 1.82) is 0 Å². The average molecular weight is 385 g/mol. The van der Waals surface area contributed by atoms with Crippen LogP contribution in [0.1, 0.15) is 0 Å². The lowest BCUT2D eigenvalue weighted by Crippen LogP contribution is -1.93. The molecule has 106 valence electrons. The van der Waals surface area contributed by atoms with Gasteiger partial charge in [0.1, 0.15) is 12.1 Å². The zero-order chi connectivity index (χ0) is 15.0. The van der Waals surface area contributed by atoms with E-state index in [-0.39, 0.29) is 0 Å². The van der Waals surface area contributed by atoms with E-state index in [0.29, 0.717) is 37.4 Å². The first-order valence-corrected chi connectivity index (χ1v) is 7.42. The number of hydrogen-bond donors (Lipinski definition) is 1. The molecule has 0 fully saturated rings. The van der Waals surface area contributed by atoms with Gasteiger partial charge in [-0.15, -0.1) is 0 Å². The van der Waals surface area contributed by atoms with E-state index in [4.69, 9.17) is 33.7 Å². The first-order valence-electron chi connectivity index (χ1n) is 5.87. The molecule has 4 nitrogen and oxygen atoms in total. The Kier molecular flexibility index (Phi) is 3.89. The van der Waals surface area contributed by atoms with E-state index in [1.54, 1.807) is 30.3 Å². The van der Waals surface area contributed by atoms with Crippen LogP contribution < -0.4 is 10.5 Å². The smallest absolute Gasteiger partial charge is 0.230 e. The number of aromatic nitrogens is 2. The lowest BCUT2D eigenvalue weighted by molar-refractivity contribution is 0.468. The van der Waals surface area contributed by atoms with Crippen LogP contribution in [0.4, 0.5) is 5.69 Å². The van der Waals surface area contributed by atoms with E-state index in [1.165, 1.54) is 6.33 Å². The Bertz CT molecular complexity index is 842. The maximum atomic E-state index is 6.15. The molecule has 2 N–H and O–H groups in total. The van der Waals surface area contributed by atoms with E-state index in [9.17, 15) is 0 Å². The molecule has 0 amide bonds. The number of fused-ring (bicyclic) bond motifs is 1. The number of rotatable bonds is 2. The summed E-state index contributed by atoms with van der Waals surface area (Å²) in [7, 11) is 0. The molecular formula is C14H8BrCl2N3O. The normalized spacial score (nSPS) is 10.8. The summed E-state index contributed by atoms with van der Waals surface area (Å²) in [6, 6.07) is 8.60. The molecule has 3 rings (SSSR count). The first kappa shape index (κ1) is 14.4. The summed E-state index contributed by atoms with van der Waals surface area (Å²) < 4.78 is 6.47. The van der Waals surface area contributed by atoms with Gasteiger partial charge in [-0.3, -0.25) is 0 Å². The lowest BCUT2D eigenvalue weighted by atomic mass is 10.2. The molecular weight excluding hydrogens is 377 g/mol. The molecule has 0 saturated carbocycles. The van der Waals surface area contributed by atoms with Crippen molar-refractivity contribution in [2.45, 2.75) is 0 Å². The number of hydrogen-bond acceptors (Lipinski definition) is 4. The van der Waals surface area contributed by atoms with Crippen molar-refractivity contribution in [2.24, 2.45) is 0 Å². The van der Waals surface area contributed by atoms with E-state index >= 15 is 0 Å². The standard InChI is InChI=1S/C14H8BrCl2N3O/c15-9-4-11(17)13(5-10(9)16)21-14-8-2-1-7(18)3-12(8)19-6-20-14/h1-6H,18H2. The molecule has 0 aliphatic carbocycles. The highest BCUT2D eigenvalue weighted by Crippen LogP contribution is 2.37. The fourth-order valence-electron chi connectivity index (χ4n) is 1.82. The number of halogens is 3. The molecule has 2 aromatic carbocycles. The highest BCUT2D eigenvalue weighted by Gasteiger charge is 2.11. The molecule has 1 heterocycles. The third kappa shape index (κ3) is 2.90. The van der Waals surface area contributed by atoms with Crippen LogP contribution in [0.2, 0.25) is 10.0 Å². The molecule has 0 aliphatic rings. The molecule has 7 heteroatoms. The molecule has 21 heavy (non-hydrogen) atoms. The summed E-state index contributed by atoms with van der Waals surface area (Å²) in [5.41, 5.74) is 7.06. The van der Waals surface area contributed by atoms with Crippen molar-refractivity contribution >= 4 is 55.7 Å². The molecule has 0 spiro atoms. The maximum Gasteiger partial charge on any atom is 0.230 e. The SMILES string of the molecule is Nc1ccc2c(Oc3cc(Cl)c(Br)cc3Cl)ncnc2c1. The Hall–Kier alpha value is -1.56. The lowest BCUT2D eigenvalue weighted by Gasteiger charge is -2.10. The monoisotopic (exact) mass is 383 g/mol. The molecule has 0 unspecified atom stereocenters. The second-order valence-corrected chi connectivity index (χ2v) is 5.92. The minimum absolute atomic E-state index is 0.389. The molecule has 1 aromatic heterocycles. The highest BCUT2D eigenvalue weighted by atomic mass is 79.9. The van der Waals surface area contributed by atoms with Gasteiger partial charge in [0.15, 0.2) is 0 Å². The Balaban J connectivity index is 2.08. The Morgan fingerprint density at radius 1 is 1.05 bits per heavy atom. The zero-order valence-electron chi connectivity index (χ0n) is 10.5. The molecule has 0 saturated heterocycles. The maximum absolute atomic E-state index is 6.15. The summed E-state index contributed by atoms with van der Waals surface area (Å²) in [6.45, 7) is 0. The molecule has 0 bridgehead atoms. The van der Waals surface area contributed by atoms with Crippen molar-refractivity contribution < 1.29 is 4.74 Å². The Labute approximate surface area is 139 Å². The third-order valence-corrected chi connectivity index (χ3v) is 4.30. The molecule has 0 radical (unpaired) electrons. The summed E-state index contributed by atoms with van der Waals surface area (Å²) in [5, 5.41) is 1.66. The van der Waals surface area contributed by atoms with Gasteiger partial charge in [-0.2, -0.15) is 0 Å². The van der Waals surface area contributed by atoms with Gasteiger partial charge in [-0.25, -0.2) is 9.97 Å². The fourth-order valence-corrected chi connectivity index (χ4v) is 2.65. The number of benzene rings is 2. The van der Waals surface area contributed by atoms with Crippen LogP contribution in [0.25, 0.3) is 10.9 Å². The van der Waals surface area contributed by atoms with Crippen LogP contribution >= 0.6 is 39.1 Å². The first-order chi connectivity index (χ1) is 10.0. The number of anilines is 1. The van der Waals surface area contributed by atoms with E-state index in [2.05, 4.69) is 25.9 Å². The molecule has 0 atom stereocenters. The molecule has 3 aromatic rings. The minimum atomic E-state index is 0.389. The number of ether oxygens (including phenoxy) is 1. The predicted molar refractivity (Wildman–Crippen MR) is 88.2 cm³/mol. The second kappa shape index (κ2) is 5.67. The van der Waals surface area contributed by atoms with Crippen molar-refractivity contribution in [3.63, 3.8) is 0 Å². The molecule has 0 aliphatic heterocycles.